The smallest absolute Gasteiger partial charge is 0.250 e. The molecule has 5 nitrogen and oxygen atoms in total. The van der Waals surface area contributed by atoms with E-state index in [9.17, 15) is 9.18 Å². The van der Waals surface area contributed by atoms with E-state index in [1.807, 2.05) is 0 Å². The fraction of sp³-hybridized carbons (Fsp3) is 0.263. The number of hydrogen-bond donors (Lipinski definition) is 2. The summed E-state index contributed by atoms with van der Waals surface area (Å²) >= 11 is 0. The van der Waals surface area contributed by atoms with Crippen LogP contribution in [0.15, 0.2) is 42.6 Å². The van der Waals surface area contributed by atoms with Crippen LogP contribution in [0.2, 0.25) is 0 Å². The molecule has 1 saturated heterocycles. The minimum atomic E-state index is -1.56. The molecule has 0 bridgehead atoms. The number of nitrogens with one attached hydrogen (secondary N) is 1. The summed E-state index contributed by atoms with van der Waals surface area (Å²) in [6.07, 6.45) is 2.69. The van der Waals surface area contributed by atoms with Crippen LogP contribution in [0.4, 0.5) is 8.78 Å². The van der Waals surface area contributed by atoms with Gasteiger partial charge in [0.05, 0.1) is 5.56 Å². The summed E-state index contributed by atoms with van der Waals surface area (Å²) in [5.41, 5.74) is 4.99. The van der Waals surface area contributed by atoms with Crippen molar-refractivity contribution in [1.82, 2.24) is 15.1 Å². The molecule has 134 valence electrons. The molecule has 1 atom stereocenters. The highest BCUT2D eigenvalue weighted by atomic mass is 19.1. The molecule has 1 aliphatic rings. The van der Waals surface area contributed by atoms with Gasteiger partial charge in [0.1, 0.15) is 22.7 Å². The molecule has 3 aromatic rings. The first-order valence-electron chi connectivity index (χ1n) is 8.46. The fourth-order valence-electron chi connectivity index (χ4n) is 3.45. The largest absolute Gasteiger partial charge is 0.366 e. The van der Waals surface area contributed by atoms with Gasteiger partial charge in [-0.2, -0.15) is 5.10 Å². The Morgan fingerprint density at radius 3 is 2.85 bits per heavy atom. The van der Waals surface area contributed by atoms with E-state index in [-0.39, 0.29) is 17.8 Å². The van der Waals surface area contributed by atoms with Crippen molar-refractivity contribution >= 4 is 16.8 Å². The standard InChI is InChI=1S/C19H18F2N4O/c20-15-9-13(19(21)7-2-8-23-11-19)5-6-16(15)25-10-12-3-1-4-14(18(22)26)17(12)24-25/h1,3-6,9-10,23H,2,7-8,11H2,(H2,22,26)/t19-/m0/s1. The molecule has 0 saturated carbocycles. The molecule has 1 aromatic heterocycles. The van der Waals surface area contributed by atoms with Crippen LogP contribution >= 0.6 is 0 Å². The van der Waals surface area contributed by atoms with Crippen molar-refractivity contribution < 1.29 is 13.6 Å². The van der Waals surface area contributed by atoms with Gasteiger partial charge >= 0.3 is 0 Å². The van der Waals surface area contributed by atoms with Gasteiger partial charge in [-0.25, -0.2) is 13.5 Å². The highest BCUT2D eigenvalue weighted by Gasteiger charge is 2.34. The Labute approximate surface area is 148 Å². The molecule has 0 aliphatic carbocycles. The van der Waals surface area contributed by atoms with E-state index in [4.69, 9.17) is 5.73 Å². The Bertz CT molecular complexity index is 992. The van der Waals surface area contributed by atoms with Crippen LogP contribution in [-0.2, 0) is 5.67 Å². The second kappa shape index (κ2) is 6.17. The van der Waals surface area contributed by atoms with Crippen LogP contribution in [0.5, 0.6) is 0 Å². The first-order chi connectivity index (χ1) is 12.5. The average molecular weight is 356 g/mol. The lowest BCUT2D eigenvalue weighted by atomic mass is 9.88. The second-order valence-corrected chi connectivity index (χ2v) is 6.59. The van der Waals surface area contributed by atoms with Crippen LogP contribution in [0.25, 0.3) is 16.6 Å². The third-order valence-electron chi connectivity index (χ3n) is 4.85. The lowest BCUT2D eigenvalue weighted by Crippen LogP contribution is -2.40. The lowest BCUT2D eigenvalue weighted by Gasteiger charge is -2.30. The molecule has 4 rings (SSSR count). The molecule has 2 aromatic carbocycles. The van der Waals surface area contributed by atoms with Crippen molar-refractivity contribution in [3.8, 4) is 5.69 Å². The van der Waals surface area contributed by atoms with Gasteiger partial charge in [0.25, 0.3) is 5.91 Å². The van der Waals surface area contributed by atoms with E-state index in [1.165, 1.54) is 16.8 Å². The maximum Gasteiger partial charge on any atom is 0.250 e. The maximum absolute atomic E-state index is 15.0. The number of carbonyl (C=O) groups is 1. The number of nitrogens with zero attached hydrogens (tertiary/aromatic N) is 2. The Balaban J connectivity index is 1.76. The van der Waals surface area contributed by atoms with Gasteiger partial charge in [0.15, 0.2) is 0 Å². The molecule has 0 unspecified atom stereocenters. The number of primary amides is 1. The number of halogens is 2. The number of hydrogen-bond acceptors (Lipinski definition) is 3. The van der Waals surface area contributed by atoms with E-state index >= 15 is 4.39 Å². The van der Waals surface area contributed by atoms with E-state index in [0.717, 1.165) is 6.54 Å². The molecule has 26 heavy (non-hydrogen) atoms. The number of carbonyl (C=O) groups excluding carboxylic acids is 1. The third kappa shape index (κ3) is 2.74. The van der Waals surface area contributed by atoms with Crippen molar-refractivity contribution in [3.05, 3.63) is 59.5 Å². The number of nitrogens with two attached hydrogens (primary N) is 1. The molecule has 0 spiro atoms. The van der Waals surface area contributed by atoms with E-state index < -0.39 is 17.4 Å². The molecular formula is C19H18F2N4O. The number of rotatable bonds is 3. The van der Waals surface area contributed by atoms with E-state index in [1.54, 1.807) is 30.5 Å². The first kappa shape index (κ1) is 16.7. The summed E-state index contributed by atoms with van der Waals surface area (Å²) in [4.78, 5) is 11.5. The Morgan fingerprint density at radius 2 is 2.15 bits per heavy atom. The molecule has 2 heterocycles. The third-order valence-corrected chi connectivity index (χ3v) is 4.85. The number of piperidine rings is 1. The van der Waals surface area contributed by atoms with Gasteiger partial charge in [-0.05, 0) is 43.1 Å². The van der Waals surface area contributed by atoms with Crippen LogP contribution in [-0.4, -0.2) is 28.8 Å². The minimum absolute atomic E-state index is 0.180. The van der Waals surface area contributed by atoms with Gasteiger partial charge in [-0.1, -0.05) is 18.2 Å². The predicted octanol–water partition coefficient (Wildman–Crippen LogP) is 2.81. The van der Waals surface area contributed by atoms with Gasteiger partial charge in [-0.15, -0.1) is 0 Å². The topological polar surface area (TPSA) is 72.9 Å². The van der Waals surface area contributed by atoms with Gasteiger partial charge < -0.3 is 11.1 Å². The SMILES string of the molecule is NC(=O)c1cccc2cn(-c3ccc([C@]4(F)CCCNC4)cc3F)nc12. The van der Waals surface area contributed by atoms with Crippen molar-refractivity contribution in [2.24, 2.45) is 5.73 Å². The van der Waals surface area contributed by atoms with Crippen molar-refractivity contribution in [1.29, 1.82) is 0 Å². The monoisotopic (exact) mass is 356 g/mol. The zero-order valence-corrected chi connectivity index (χ0v) is 14.0. The number of fused-ring (bicyclic) bond motifs is 1. The van der Waals surface area contributed by atoms with Gasteiger partial charge in [0.2, 0.25) is 0 Å². The summed E-state index contributed by atoms with van der Waals surface area (Å²) in [6, 6.07) is 9.36. The normalized spacial score (nSPS) is 20.4. The molecule has 1 aliphatic heterocycles. The van der Waals surface area contributed by atoms with E-state index in [2.05, 4.69) is 10.4 Å². The number of benzene rings is 2. The number of amides is 1. The fourth-order valence-corrected chi connectivity index (χ4v) is 3.45. The van der Waals surface area contributed by atoms with Crippen LogP contribution in [0.3, 0.4) is 0 Å². The highest BCUT2D eigenvalue weighted by Crippen LogP contribution is 2.34. The molecule has 7 heteroatoms. The summed E-state index contributed by atoms with van der Waals surface area (Å²) < 4.78 is 31.1. The zero-order valence-electron chi connectivity index (χ0n) is 14.0. The summed E-state index contributed by atoms with van der Waals surface area (Å²) in [6.45, 7) is 0.952. The minimum Gasteiger partial charge on any atom is -0.366 e. The van der Waals surface area contributed by atoms with Crippen molar-refractivity contribution in [2.75, 3.05) is 13.1 Å². The molecule has 0 radical (unpaired) electrons. The quantitative estimate of drug-likeness (QED) is 0.758. The molecule has 1 fully saturated rings. The number of alkyl halides is 1. The molecule has 3 N–H and O–H groups in total. The summed E-state index contributed by atoms with van der Waals surface area (Å²) in [7, 11) is 0. The van der Waals surface area contributed by atoms with Crippen LogP contribution in [0, 0.1) is 5.82 Å². The first-order valence-corrected chi connectivity index (χ1v) is 8.46. The highest BCUT2D eigenvalue weighted by molar-refractivity contribution is 6.04. The summed E-state index contributed by atoms with van der Waals surface area (Å²) in [5.74, 6) is -1.17. The van der Waals surface area contributed by atoms with E-state index in [0.29, 0.717) is 29.3 Å². The van der Waals surface area contributed by atoms with Gasteiger partial charge in [0, 0.05) is 18.1 Å². The average Bonchev–Trinajstić information content (AvgIpc) is 3.05. The van der Waals surface area contributed by atoms with Crippen molar-refractivity contribution in [3.63, 3.8) is 0 Å². The Morgan fingerprint density at radius 1 is 1.31 bits per heavy atom. The Kier molecular flexibility index (Phi) is 3.96. The van der Waals surface area contributed by atoms with Gasteiger partial charge in [-0.3, -0.25) is 4.79 Å². The molecular weight excluding hydrogens is 338 g/mol. The summed E-state index contributed by atoms with van der Waals surface area (Å²) in [5, 5.41) is 7.98. The lowest BCUT2D eigenvalue weighted by molar-refractivity contribution is 0.100. The second-order valence-electron chi connectivity index (χ2n) is 6.59. The predicted molar refractivity (Wildman–Crippen MR) is 94.4 cm³/mol. The van der Waals surface area contributed by atoms with Crippen LogP contribution in [0.1, 0.15) is 28.8 Å². The van der Waals surface area contributed by atoms with Crippen LogP contribution < -0.4 is 11.1 Å². The molecule has 1 amide bonds. The Hall–Kier alpha value is -2.80. The zero-order chi connectivity index (χ0) is 18.3. The maximum atomic E-state index is 15.0. The number of aromatic nitrogens is 2. The van der Waals surface area contributed by atoms with Crippen molar-refractivity contribution in [2.45, 2.75) is 18.5 Å².